The molecule has 0 spiro atoms. The van der Waals surface area contributed by atoms with E-state index in [-0.39, 0.29) is 23.1 Å². The van der Waals surface area contributed by atoms with Gasteiger partial charge >= 0.3 is 5.97 Å². The first-order valence-electron chi connectivity index (χ1n) is 10.3. The minimum absolute atomic E-state index is 0.0800. The van der Waals surface area contributed by atoms with Crippen LogP contribution in [-0.2, 0) is 16.1 Å². The van der Waals surface area contributed by atoms with Crippen molar-refractivity contribution in [2.75, 3.05) is 19.7 Å². The summed E-state index contributed by atoms with van der Waals surface area (Å²) in [7, 11) is 0. The minimum atomic E-state index is -0.177. The lowest BCUT2D eigenvalue weighted by Gasteiger charge is -2.31. The molecule has 2 heterocycles. The van der Waals surface area contributed by atoms with Gasteiger partial charge in [-0.05, 0) is 44.0 Å². The molecule has 4 rings (SSSR count). The monoisotopic (exact) mass is 407 g/mol. The Morgan fingerprint density at radius 1 is 1.23 bits per heavy atom. The number of hydrogen-bond acceptors (Lipinski definition) is 6. The number of aromatic hydroxyl groups is 1. The smallest absolute Gasteiger partial charge is 0.310 e. The molecule has 30 heavy (non-hydrogen) atoms. The molecule has 0 saturated carbocycles. The quantitative estimate of drug-likeness (QED) is 0.646. The van der Waals surface area contributed by atoms with E-state index in [1.54, 1.807) is 13.0 Å². The van der Waals surface area contributed by atoms with Gasteiger partial charge < -0.3 is 14.3 Å². The maximum Gasteiger partial charge on any atom is 0.310 e. The van der Waals surface area contributed by atoms with Gasteiger partial charge in [0.25, 0.3) is 0 Å². The Labute approximate surface area is 174 Å². The van der Waals surface area contributed by atoms with Crippen LogP contribution in [-0.4, -0.2) is 35.7 Å². The van der Waals surface area contributed by atoms with Gasteiger partial charge in [-0.25, -0.2) is 0 Å². The van der Waals surface area contributed by atoms with Crippen molar-refractivity contribution in [2.45, 2.75) is 26.3 Å². The van der Waals surface area contributed by atoms with Crippen LogP contribution in [0.15, 0.2) is 57.9 Å². The molecular weight excluding hydrogens is 382 g/mol. The largest absolute Gasteiger partial charge is 0.507 e. The van der Waals surface area contributed by atoms with Crippen LogP contribution in [0.5, 0.6) is 5.75 Å². The molecular formula is C24H25NO5. The summed E-state index contributed by atoms with van der Waals surface area (Å²) in [5.41, 5.74) is 2.09. The number of rotatable bonds is 5. The van der Waals surface area contributed by atoms with Crippen LogP contribution in [0.3, 0.4) is 0 Å². The fourth-order valence-electron chi connectivity index (χ4n) is 4.09. The van der Waals surface area contributed by atoms with Gasteiger partial charge in [-0.3, -0.25) is 14.5 Å². The predicted octanol–water partition coefficient (Wildman–Crippen LogP) is 3.94. The molecule has 6 nitrogen and oxygen atoms in total. The second kappa shape index (κ2) is 8.71. The summed E-state index contributed by atoms with van der Waals surface area (Å²) in [5, 5.41) is 10.9. The zero-order valence-corrected chi connectivity index (χ0v) is 17.0. The lowest BCUT2D eigenvalue weighted by molar-refractivity contribution is -0.150. The highest BCUT2D eigenvalue weighted by atomic mass is 16.5. The van der Waals surface area contributed by atoms with Crippen LogP contribution in [0, 0.1) is 5.92 Å². The number of nitrogens with zero attached hydrogens (tertiary/aromatic N) is 1. The number of benzene rings is 2. The molecule has 1 saturated heterocycles. The van der Waals surface area contributed by atoms with Crippen LogP contribution in [0.2, 0.25) is 0 Å². The van der Waals surface area contributed by atoms with Crippen LogP contribution in [0.25, 0.3) is 22.1 Å². The number of ether oxygens (including phenoxy) is 1. The molecule has 3 aromatic rings. The Balaban J connectivity index is 1.66. The second-order valence-corrected chi connectivity index (χ2v) is 7.61. The summed E-state index contributed by atoms with van der Waals surface area (Å²) in [6.07, 6.45) is 3.13. The van der Waals surface area contributed by atoms with Gasteiger partial charge in [0.2, 0.25) is 5.43 Å². The Bertz CT molecular complexity index is 1110. The molecule has 1 aliphatic rings. The van der Waals surface area contributed by atoms with Crippen LogP contribution in [0.1, 0.15) is 25.3 Å². The number of carbonyl (C=O) groups is 1. The lowest BCUT2D eigenvalue weighted by Crippen LogP contribution is -2.39. The number of esters is 1. The SMILES string of the molecule is CCOC(=O)C1CCCN(Cc2c(O)ccc3c(=O)c(-c4ccccc4)coc23)C1. The second-order valence-electron chi connectivity index (χ2n) is 7.61. The van der Waals surface area contributed by atoms with Gasteiger partial charge in [0.1, 0.15) is 17.6 Å². The van der Waals surface area contributed by atoms with Gasteiger partial charge in [-0.2, -0.15) is 0 Å². The summed E-state index contributed by atoms with van der Waals surface area (Å²) in [6.45, 7) is 3.93. The highest BCUT2D eigenvalue weighted by Gasteiger charge is 2.28. The van der Waals surface area contributed by atoms with Crippen molar-refractivity contribution in [1.82, 2.24) is 4.90 Å². The van der Waals surface area contributed by atoms with Crippen LogP contribution in [0.4, 0.5) is 0 Å². The topological polar surface area (TPSA) is 80.0 Å². The van der Waals surface area contributed by atoms with E-state index in [9.17, 15) is 14.7 Å². The number of piperidine rings is 1. The van der Waals surface area contributed by atoms with E-state index in [1.807, 2.05) is 30.3 Å². The molecule has 1 unspecified atom stereocenters. The molecule has 1 atom stereocenters. The zero-order chi connectivity index (χ0) is 21.1. The third-order valence-electron chi connectivity index (χ3n) is 5.61. The fourth-order valence-corrected chi connectivity index (χ4v) is 4.09. The van der Waals surface area contributed by atoms with E-state index >= 15 is 0 Å². The molecule has 1 aliphatic heterocycles. The maximum absolute atomic E-state index is 13.1. The Morgan fingerprint density at radius 2 is 2.03 bits per heavy atom. The number of phenols is 1. The third kappa shape index (κ3) is 3.96. The highest BCUT2D eigenvalue weighted by Crippen LogP contribution is 2.30. The van der Waals surface area contributed by atoms with E-state index < -0.39 is 0 Å². The Kier molecular flexibility index (Phi) is 5.86. The standard InChI is InChI=1S/C24H25NO5/c1-2-29-24(28)17-9-6-12-25(13-17)14-19-21(26)11-10-18-22(27)20(15-30-23(18)19)16-7-4-3-5-8-16/h3-5,7-8,10-11,15,17,26H,2,6,9,12-14H2,1H3. The predicted molar refractivity (Wildman–Crippen MR) is 114 cm³/mol. The van der Waals surface area contributed by atoms with Crippen LogP contribution >= 0.6 is 0 Å². The van der Waals surface area contributed by atoms with Crippen molar-refractivity contribution in [3.8, 4) is 16.9 Å². The van der Waals surface area contributed by atoms with E-state index in [1.165, 1.54) is 12.3 Å². The first-order chi connectivity index (χ1) is 14.6. The first-order valence-corrected chi connectivity index (χ1v) is 10.3. The van der Waals surface area contributed by atoms with E-state index in [4.69, 9.17) is 9.15 Å². The Morgan fingerprint density at radius 3 is 2.80 bits per heavy atom. The molecule has 156 valence electrons. The van der Waals surface area contributed by atoms with Crippen molar-refractivity contribution in [3.63, 3.8) is 0 Å². The van der Waals surface area contributed by atoms with Gasteiger partial charge in [0, 0.05) is 13.1 Å². The summed E-state index contributed by atoms with van der Waals surface area (Å²) in [6, 6.07) is 12.5. The van der Waals surface area contributed by atoms with Crippen molar-refractivity contribution in [1.29, 1.82) is 0 Å². The summed E-state index contributed by atoms with van der Waals surface area (Å²) in [5.74, 6) is -0.271. The van der Waals surface area contributed by atoms with E-state index in [2.05, 4.69) is 4.90 Å². The van der Waals surface area contributed by atoms with Crippen molar-refractivity contribution in [2.24, 2.45) is 5.92 Å². The van der Waals surface area contributed by atoms with Crippen molar-refractivity contribution in [3.05, 3.63) is 64.5 Å². The van der Waals surface area contributed by atoms with Crippen molar-refractivity contribution < 1.29 is 19.1 Å². The van der Waals surface area contributed by atoms with Gasteiger partial charge in [-0.1, -0.05) is 30.3 Å². The number of hydrogen-bond donors (Lipinski definition) is 1. The fraction of sp³-hybridized carbons (Fsp3) is 0.333. The zero-order valence-electron chi connectivity index (χ0n) is 17.0. The molecule has 0 radical (unpaired) electrons. The van der Waals surface area contributed by atoms with Crippen molar-refractivity contribution >= 4 is 16.9 Å². The number of carbonyl (C=O) groups excluding carboxylic acids is 1. The van der Waals surface area contributed by atoms with Gasteiger partial charge in [-0.15, -0.1) is 0 Å². The summed E-state index contributed by atoms with van der Waals surface area (Å²) < 4.78 is 11.0. The molecule has 6 heteroatoms. The molecule has 1 fully saturated rings. The van der Waals surface area contributed by atoms with Crippen LogP contribution < -0.4 is 5.43 Å². The molecule has 1 aromatic heterocycles. The van der Waals surface area contributed by atoms with Gasteiger partial charge in [0.05, 0.1) is 29.0 Å². The number of likely N-dealkylation sites (tertiary alicyclic amines) is 1. The van der Waals surface area contributed by atoms with Gasteiger partial charge in [0.15, 0.2) is 0 Å². The molecule has 2 aromatic carbocycles. The Hall–Kier alpha value is -3.12. The van der Waals surface area contributed by atoms with E-state index in [0.29, 0.717) is 41.8 Å². The molecule has 0 aliphatic carbocycles. The highest BCUT2D eigenvalue weighted by molar-refractivity contribution is 5.85. The minimum Gasteiger partial charge on any atom is -0.507 e. The number of phenolic OH excluding ortho intramolecular Hbond substituents is 1. The summed E-state index contributed by atoms with van der Waals surface area (Å²) in [4.78, 5) is 27.3. The summed E-state index contributed by atoms with van der Waals surface area (Å²) >= 11 is 0. The molecule has 1 N–H and O–H groups in total. The van der Waals surface area contributed by atoms with E-state index in [0.717, 1.165) is 24.9 Å². The average molecular weight is 407 g/mol. The molecule has 0 amide bonds. The maximum atomic E-state index is 13.1. The number of fused-ring (bicyclic) bond motifs is 1. The average Bonchev–Trinajstić information content (AvgIpc) is 2.77. The lowest BCUT2D eigenvalue weighted by atomic mass is 9.97. The first kappa shape index (κ1) is 20.2. The third-order valence-corrected chi connectivity index (χ3v) is 5.61. The molecule has 0 bridgehead atoms. The normalized spacial score (nSPS) is 17.2.